The molecule has 0 aromatic carbocycles. The summed E-state index contributed by atoms with van der Waals surface area (Å²) in [5, 5.41) is 0. The molecule has 1 atom stereocenters. The van der Waals surface area contributed by atoms with E-state index in [-0.39, 0.29) is 12.0 Å². The predicted octanol–water partition coefficient (Wildman–Crippen LogP) is 0.964. The molecule has 1 saturated carbocycles. The van der Waals surface area contributed by atoms with Gasteiger partial charge in [-0.15, -0.1) is 0 Å². The lowest BCUT2D eigenvalue weighted by molar-refractivity contribution is -0.149. The number of methoxy groups -OCH3 is 1. The summed E-state index contributed by atoms with van der Waals surface area (Å²) < 4.78 is 5.00. The van der Waals surface area contributed by atoms with Gasteiger partial charge in [-0.25, -0.2) is 0 Å². The molecule has 1 aliphatic heterocycles. The van der Waals surface area contributed by atoms with Gasteiger partial charge in [0, 0.05) is 6.04 Å². The van der Waals surface area contributed by atoms with Crippen molar-refractivity contribution in [2.75, 3.05) is 34.3 Å². The van der Waals surface area contributed by atoms with E-state index in [0.717, 1.165) is 25.9 Å². The fourth-order valence-electron chi connectivity index (χ4n) is 2.87. The van der Waals surface area contributed by atoms with Crippen molar-refractivity contribution in [1.29, 1.82) is 0 Å². The smallest absolute Gasteiger partial charge is 0.323 e. The monoisotopic (exact) mass is 240 g/mol. The van der Waals surface area contributed by atoms with Gasteiger partial charge in [0.2, 0.25) is 0 Å². The van der Waals surface area contributed by atoms with Crippen molar-refractivity contribution in [2.45, 2.75) is 37.8 Å². The molecule has 1 heterocycles. The van der Waals surface area contributed by atoms with Crippen LogP contribution in [0.1, 0.15) is 25.7 Å². The van der Waals surface area contributed by atoms with Gasteiger partial charge in [0.05, 0.1) is 7.11 Å². The van der Waals surface area contributed by atoms with Crippen LogP contribution in [-0.2, 0) is 9.53 Å². The van der Waals surface area contributed by atoms with Gasteiger partial charge in [0.1, 0.15) is 6.04 Å². The van der Waals surface area contributed by atoms with Crippen molar-refractivity contribution >= 4 is 5.97 Å². The summed E-state index contributed by atoms with van der Waals surface area (Å²) in [7, 11) is 5.73. The Bertz CT molecular complexity index is 271. The topological polar surface area (TPSA) is 32.8 Å². The van der Waals surface area contributed by atoms with Gasteiger partial charge in [-0.2, -0.15) is 0 Å². The van der Waals surface area contributed by atoms with Crippen molar-refractivity contribution in [1.82, 2.24) is 9.80 Å². The van der Waals surface area contributed by atoms with Gasteiger partial charge < -0.3 is 9.64 Å². The first kappa shape index (κ1) is 12.8. The molecule has 2 rings (SSSR count). The molecule has 1 unspecified atom stereocenters. The second-order valence-electron chi connectivity index (χ2n) is 5.51. The molecule has 98 valence electrons. The maximum Gasteiger partial charge on any atom is 0.323 e. The van der Waals surface area contributed by atoms with Gasteiger partial charge in [-0.1, -0.05) is 0 Å². The Kier molecular flexibility index (Phi) is 4.05. The minimum Gasteiger partial charge on any atom is -0.468 e. The number of likely N-dealkylation sites (tertiary alicyclic amines) is 1. The Morgan fingerprint density at radius 1 is 1.29 bits per heavy atom. The molecule has 2 aliphatic rings. The third-order valence-corrected chi connectivity index (χ3v) is 4.21. The summed E-state index contributed by atoms with van der Waals surface area (Å²) in [6, 6.07) is 0.583. The van der Waals surface area contributed by atoms with Crippen molar-refractivity contribution in [3.63, 3.8) is 0 Å². The van der Waals surface area contributed by atoms with Crippen LogP contribution >= 0.6 is 0 Å². The molecule has 0 N–H and O–H groups in total. The quantitative estimate of drug-likeness (QED) is 0.685. The molecule has 2 fully saturated rings. The second kappa shape index (κ2) is 5.36. The van der Waals surface area contributed by atoms with Gasteiger partial charge in [0.25, 0.3) is 0 Å². The first-order chi connectivity index (χ1) is 8.13. The molecule has 0 aromatic heterocycles. The summed E-state index contributed by atoms with van der Waals surface area (Å²) in [5.41, 5.74) is 0. The van der Waals surface area contributed by atoms with Crippen LogP contribution < -0.4 is 0 Å². The summed E-state index contributed by atoms with van der Waals surface area (Å²) in [6.07, 6.45) is 4.67. The minimum atomic E-state index is -0.0473. The molecular weight excluding hydrogens is 216 g/mol. The standard InChI is InChI=1S/C13H24N2O2/c1-14-8-6-10(7-9-14)12(13(16)17-3)15(2)11-4-5-11/h10-12H,4-9H2,1-3H3. The lowest BCUT2D eigenvalue weighted by Gasteiger charge is -2.37. The third-order valence-electron chi connectivity index (χ3n) is 4.21. The van der Waals surface area contributed by atoms with Gasteiger partial charge in [0.15, 0.2) is 0 Å². The number of hydrogen-bond donors (Lipinski definition) is 0. The van der Waals surface area contributed by atoms with Crippen LogP contribution in [-0.4, -0.2) is 62.1 Å². The van der Waals surface area contributed by atoms with Gasteiger partial charge >= 0.3 is 5.97 Å². The molecule has 0 aromatic rings. The second-order valence-corrected chi connectivity index (χ2v) is 5.51. The molecule has 0 bridgehead atoms. The Balaban J connectivity index is 2.01. The number of ether oxygens (including phenoxy) is 1. The zero-order valence-electron chi connectivity index (χ0n) is 11.2. The van der Waals surface area contributed by atoms with Crippen molar-refractivity contribution in [3.05, 3.63) is 0 Å². The van der Waals surface area contributed by atoms with Crippen molar-refractivity contribution in [2.24, 2.45) is 5.92 Å². The van der Waals surface area contributed by atoms with Crippen molar-refractivity contribution in [3.8, 4) is 0 Å². The van der Waals surface area contributed by atoms with E-state index in [1.807, 2.05) is 0 Å². The average molecular weight is 240 g/mol. The number of rotatable bonds is 4. The van der Waals surface area contributed by atoms with Crippen LogP contribution in [0.2, 0.25) is 0 Å². The predicted molar refractivity (Wildman–Crippen MR) is 66.8 cm³/mol. The van der Waals surface area contributed by atoms with Crippen LogP contribution in [0.3, 0.4) is 0 Å². The SMILES string of the molecule is COC(=O)C(C1CCN(C)CC1)N(C)C1CC1. The fraction of sp³-hybridized carbons (Fsp3) is 0.923. The number of piperidine rings is 1. The zero-order valence-corrected chi connectivity index (χ0v) is 11.2. The van der Waals surface area contributed by atoms with E-state index in [2.05, 4.69) is 23.9 Å². The molecule has 4 heteroatoms. The summed E-state index contributed by atoms with van der Waals surface area (Å²) in [4.78, 5) is 16.6. The summed E-state index contributed by atoms with van der Waals surface area (Å²) in [5.74, 6) is 0.415. The molecule has 1 aliphatic carbocycles. The molecular formula is C13H24N2O2. The molecule has 0 spiro atoms. The first-order valence-corrected chi connectivity index (χ1v) is 6.61. The van der Waals surface area contributed by atoms with Crippen LogP contribution in [0, 0.1) is 5.92 Å². The number of carbonyl (C=O) groups is 1. The maximum absolute atomic E-state index is 12.0. The van der Waals surface area contributed by atoms with E-state index in [1.54, 1.807) is 0 Å². The maximum atomic E-state index is 12.0. The lowest BCUT2D eigenvalue weighted by Crippen LogP contribution is -2.49. The highest BCUT2D eigenvalue weighted by Crippen LogP contribution is 2.32. The number of nitrogens with zero attached hydrogens (tertiary/aromatic N) is 2. The molecule has 1 saturated heterocycles. The van der Waals surface area contributed by atoms with E-state index >= 15 is 0 Å². The Labute approximate surface area is 104 Å². The fourth-order valence-corrected chi connectivity index (χ4v) is 2.87. The van der Waals surface area contributed by atoms with E-state index in [0.29, 0.717) is 12.0 Å². The summed E-state index contributed by atoms with van der Waals surface area (Å²) >= 11 is 0. The molecule has 4 nitrogen and oxygen atoms in total. The Morgan fingerprint density at radius 2 is 1.88 bits per heavy atom. The van der Waals surface area contributed by atoms with Crippen LogP contribution in [0.4, 0.5) is 0 Å². The van der Waals surface area contributed by atoms with E-state index in [4.69, 9.17) is 4.74 Å². The number of carbonyl (C=O) groups excluding carboxylic acids is 1. The highest BCUT2D eigenvalue weighted by Gasteiger charge is 2.40. The highest BCUT2D eigenvalue weighted by molar-refractivity contribution is 5.76. The molecule has 0 amide bonds. The van der Waals surface area contributed by atoms with E-state index in [9.17, 15) is 4.79 Å². The number of hydrogen-bond acceptors (Lipinski definition) is 4. The highest BCUT2D eigenvalue weighted by atomic mass is 16.5. The normalized spacial score (nSPS) is 24.9. The Hall–Kier alpha value is -0.610. The molecule has 17 heavy (non-hydrogen) atoms. The third kappa shape index (κ3) is 2.99. The average Bonchev–Trinajstić information content (AvgIpc) is 3.15. The zero-order chi connectivity index (χ0) is 12.4. The van der Waals surface area contributed by atoms with Gasteiger partial charge in [-0.3, -0.25) is 9.69 Å². The van der Waals surface area contributed by atoms with Gasteiger partial charge in [-0.05, 0) is 58.8 Å². The van der Waals surface area contributed by atoms with Crippen LogP contribution in [0.5, 0.6) is 0 Å². The number of likely N-dealkylation sites (N-methyl/N-ethyl adjacent to an activating group) is 1. The van der Waals surface area contributed by atoms with Crippen LogP contribution in [0.25, 0.3) is 0 Å². The van der Waals surface area contributed by atoms with E-state index in [1.165, 1.54) is 20.0 Å². The lowest BCUT2D eigenvalue weighted by atomic mass is 9.88. The first-order valence-electron chi connectivity index (χ1n) is 6.61. The molecule has 0 radical (unpaired) electrons. The van der Waals surface area contributed by atoms with Crippen molar-refractivity contribution < 1.29 is 9.53 Å². The Morgan fingerprint density at radius 3 is 2.35 bits per heavy atom. The number of esters is 1. The minimum absolute atomic E-state index is 0.0267. The van der Waals surface area contributed by atoms with E-state index < -0.39 is 0 Å². The largest absolute Gasteiger partial charge is 0.468 e. The van der Waals surface area contributed by atoms with Crippen LogP contribution in [0.15, 0.2) is 0 Å². The summed E-state index contributed by atoms with van der Waals surface area (Å²) in [6.45, 7) is 2.19.